The predicted octanol–water partition coefficient (Wildman–Crippen LogP) is 1.06. The zero-order valence-corrected chi connectivity index (χ0v) is 17.4. The molecule has 3 N–H and O–H groups in total. The van der Waals surface area contributed by atoms with E-state index in [1.807, 2.05) is 0 Å². The number of aromatic amines is 1. The number of hydrogen-bond donors (Lipinski definition) is 3. The molecule has 0 unspecified atom stereocenters. The summed E-state index contributed by atoms with van der Waals surface area (Å²) < 4.78 is 33.0. The zero-order valence-electron chi connectivity index (χ0n) is 15.8. The molecule has 10 nitrogen and oxygen atoms in total. The van der Waals surface area contributed by atoms with E-state index >= 15 is 0 Å². The van der Waals surface area contributed by atoms with Crippen molar-refractivity contribution < 1.29 is 17.6 Å². The molecule has 0 aliphatic carbocycles. The van der Waals surface area contributed by atoms with Gasteiger partial charge in [-0.25, -0.2) is 18.8 Å². The minimum atomic E-state index is -3.71. The Hall–Kier alpha value is -2.44. The Balaban J connectivity index is 1.29. The summed E-state index contributed by atoms with van der Waals surface area (Å²) in [6, 6.07) is 6.74. The maximum absolute atomic E-state index is 13.0. The number of rotatable bonds is 3. The molecule has 0 atom stereocenters. The lowest BCUT2D eigenvalue weighted by atomic mass is 10.2. The first-order chi connectivity index (χ1) is 14.4. The maximum atomic E-state index is 13.0. The maximum Gasteiger partial charge on any atom is 0.309 e. The smallest absolute Gasteiger partial charge is 0.309 e. The summed E-state index contributed by atoms with van der Waals surface area (Å²) in [7, 11) is -3.71. The first-order valence-corrected chi connectivity index (χ1v) is 11.3. The average Bonchev–Trinajstić information content (AvgIpc) is 3.37. The van der Waals surface area contributed by atoms with Crippen molar-refractivity contribution in [3.63, 3.8) is 0 Å². The van der Waals surface area contributed by atoms with Gasteiger partial charge < -0.3 is 14.3 Å². The first-order valence-electron chi connectivity index (χ1n) is 9.44. The Labute approximate surface area is 177 Å². The van der Waals surface area contributed by atoms with Crippen LogP contribution < -0.4 is 10.9 Å². The summed E-state index contributed by atoms with van der Waals surface area (Å²) in [6.07, 6.45) is 0. The second kappa shape index (κ2) is 7.36. The Bertz CT molecular complexity index is 1210. The largest absolute Gasteiger partial charge is 0.436 e. The van der Waals surface area contributed by atoms with E-state index in [0.717, 1.165) is 5.39 Å². The van der Waals surface area contributed by atoms with Crippen LogP contribution in [0.15, 0.2) is 33.7 Å². The second-order valence-electron chi connectivity index (χ2n) is 7.16. The summed E-state index contributed by atoms with van der Waals surface area (Å²) >= 11 is 5.99. The number of fused-ring (bicyclic) bond motifs is 2. The number of halogens is 1. The highest BCUT2D eigenvalue weighted by molar-refractivity contribution is 7.89. The highest BCUT2D eigenvalue weighted by atomic mass is 35.5. The van der Waals surface area contributed by atoms with Crippen molar-refractivity contribution in [2.45, 2.75) is 18.1 Å². The number of benzene rings is 1. The van der Waals surface area contributed by atoms with E-state index in [1.54, 1.807) is 29.2 Å². The van der Waals surface area contributed by atoms with E-state index < -0.39 is 10.0 Å². The van der Waals surface area contributed by atoms with Gasteiger partial charge in [-0.3, -0.25) is 10.2 Å². The minimum Gasteiger partial charge on any atom is -0.436 e. The Morgan fingerprint density at radius 1 is 1.10 bits per heavy atom. The van der Waals surface area contributed by atoms with Crippen LogP contribution in [0, 0.1) is 0 Å². The highest BCUT2D eigenvalue weighted by Gasteiger charge is 2.33. The molecule has 0 spiro atoms. The molecule has 1 aromatic carbocycles. The summed E-state index contributed by atoms with van der Waals surface area (Å²) in [5, 5.41) is 1.38. The van der Waals surface area contributed by atoms with Gasteiger partial charge in [0.15, 0.2) is 0 Å². The van der Waals surface area contributed by atoms with Crippen molar-refractivity contribution in [3.8, 4) is 0 Å². The standard InChI is InChI=1S/C18H19ClN6O4S/c19-12-1-2-13-11(7-12)8-16(22-13)30(27,28)25-5-3-24(4-6-25)18(26)17-23-14-9-20-21-10-15(14)29-17/h1-2,7-8,20-22H,3-6,9-10H2. The number of aromatic nitrogens is 2. The Morgan fingerprint density at radius 3 is 2.63 bits per heavy atom. The topological polar surface area (TPSA) is 124 Å². The van der Waals surface area contributed by atoms with Crippen LogP contribution in [0.4, 0.5) is 0 Å². The molecule has 1 amide bonds. The number of nitrogens with zero attached hydrogens (tertiary/aromatic N) is 3. The van der Waals surface area contributed by atoms with Gasteiger partial charge >= 0.3 is 5.91 Å². The number of H-pyrrole nitrogens is 1. The quantitative estimate of drug-likeness (QED) is 0.545. The third-order valence-electron chi connectivity index (χ3n) is 5.29. The summed E-state index contributed by atoms with van der Waals surface area (Å²) in [4.78, 5) is 21.5. The molecular weight excluding hydrogens is 432 g/mol. The summed E-state index contributed by atoms with van der Waals surface area (Å²) in [5.74, 6) is 0.341. The molecule has 0 bridgehead atoms. The number of hydrogen-bond acceptors (Lipinski definition) is 7. The molecule has 2 aromatic heterocycles. The molecule has 0 radical (unpaired) electrons. The van der Waals surface area contributed by atoms with E-state index in [0.29, 0.717) is 35.1 Å². The third-order valence-corrected chi connectivity index (χ3v) is 7.35. The molecule has 3 aromatic rings. The molecular formula is C18H19ClN6O4S. The van der Waals surface area contributed by atoms with Crippen molar-refractivity contribution in [2.75, 3.05) is 26.2 Å². The number of carbonyl (C=O) groups excluding carboxylic acids is 1. The second-order valence-corrected chi connectivity index (χ2v) is 9.50. The lowest BCUT2D eigenvalue weighted by molar-refractivity contribution is 0.0655. The molecule has 5 rings (SSSR count). The van der Waals surface area contributed by atoms with Gasteiger partial charge in [0.05, 0.1) is 18.8 Å². The van der Waals surface area contributed by atoms with E-state index in [-0.39, 0.29) is 43.0 Å². The summed E-state index contributed by atoms with van der Waals surface area (Å²) in [6.45, 7) is 1.83. The van der Waals surface area contributed by atoms with Gasteiger partial charge in [0, 0.05) is 42.1 Å². The van der Waals surface area contributed by atoms with E-state index in [4.69, 9.17) is 16.0 Å². The molecule has 30 heavy (non-hydrogen) atoms. The number of sulfonamides is 1. The average molecular weight is 451 g/mol. The van der Waals surface area contributed by atoms with Crippen LogP contribution in [0.2, 0.25) is 5.02 Å². The van der Waals surface area contributed by atoms with Crippen LogP contribution in [-0.4, -0.2) is 59.7 Å². The third kappa shape index (κ3) is 3.38. The number of nitrogens with one attached hydrogen (secondary N) is 3. The van der Waals surface area contributed by atoms with Gasteiger partial charge in [-0.1, -0.05) is 11.6 Å². The monoisotopic (exact) mass is 450 g/mol. The van der Waals surface area contributed by atoms with Crippen LogP contribution in [0.3, 0.4) is 0 Å². The van der Waals surface area contributed by atoms with Gasteiger partial charge in [-0.2, -0.15) is 4.31 Å². The zero-order chi connectivity index (χ0) is 20.9. The summed E-state index contributed by atoms with van der Waals surface area (Å²) in [5.41, 5.74) is 7.28. The van der Waals surface area contributed by atoms with Gasteiger partial charge in [0.2, 0.25) is 0 Å². The van der Waals surface area contributed by atoms with Crippen LogP contribution in [0.5, 0.6) is 0 Å². The highest BCUT2D eigenvalue weighted by Crippen LogP contribution is 2.25. The molecule has 4 heterocycles. The van der Waals surface area contributed by atoms with Crippen LogP contribution in [0.1, 0.15) is 22.1 Å². The fourth-order valence-corrected chi connectivity index (χ4v) is 5.28. The van der Waals surface area contributed by atoms with E-state index in [2.05, 4.69) is 20.8 Å². The SMILES string of the molecule is O=C(c1nc2c(o1)CNNC2)N1CCN(S(=O)(=O)c2cc3cc(Cl)ccc3[nH]2)CC1. The molecule has 2 aliphatic rings. The number of piperazine rings is 1. The number of amides is 1. The number of hydrazine groups is 1. The van der Waals surface area contributed by atoms with Gasteiger partial charge in [-0.15, -0.1) is 0 Å². The number of oxazole rings is 1. The van der Waals surface area contributed by atoms with Gasteiger partial charge in [0.25, 0.3) is 15.9 Å². The van der Waals surface area contributed by atoms with E-state index in [9.17, 15) is 13.2 Å². The lowest BCUT2D eigenvalue weighted by Crippen LogP contribution is -2.50. The minimum absolute atomic E-state index is 0.0364. The fourth-order valence-electron chi connectivity index (χ4n) is 3.66. The molecule has 12 heteroatoms. The van der Waals surface area contributed by atoms with Crippen molar-refractivity contribution in [1.82, 2.24) is 30.0 Å². The number of carbonyl (C=O) groups is 1. The molecule has 0 saturated carbocycles. The van der Waals surface area contributed by atoms with Crippen molar-refractivity contribution in [1.29, 1.82) is 0 Å². The first kappa shape index (κ1) is 19.5. The predicted molar refractivity (Wildman–Crippen MR) is 108 cm³/mol. The van der Waals surface area contributed by atoms with E-state index in [1.165, 1.54) is 4.31 Å². The normalized spacial score (nSPS) is 18.0. The molecule has 158 valence electrons. The van der Waals surface area contributed by atoms with Crippen molar-refractivity contribution in [3.05, 3.63) is 46.6 Å². The van der Waals surface area contributed by atoms with Crippen molar-refractivity contribution >= 4 is 38.4 Å². The van der Waals surface area contributed by atoms with Crippen LogP contribution in [0.25, 0.3) is 10.9 Å². The van der Waals surface area contributed by atoms with Crippen LogP contribution in [-0.2, 0) is 23.1 Å². The molecule has 2 aliphatic heterocycles. The van der Waals surface area contributed by atoms with Gasteiger partial charge in [-0.05, 0) is 24.3 Å². The van der Waals surface area contributed by atoms with Crippen LogP contribution >= 0.6 is 11.6 Å². The Morgan fingerprint density at radius 2 is 1.87 bits per heavy atom. The molecule has 1 saturated heterocycles. The molecule has 1 fully saturated rings. The fraction of sp³-hybridized carbons (Fsp3) is 0.333. The lowest BCUT2D eigenvalue weighted by Gasteiger charge is -2.33. The van der Waals surface area contributed by atoms with Crippen molar-refractivity contribution in [2.24, 2.45) is 0 Å². The Kier molecular flexibility index (Phi) is 4.79. The van der Waals surface area contributed by atoms with Gasteiger partial charge in [0.1, 0.15) is 10.8 Å².